The van der Waals surface area contributed by atoms with Gasteiger partial charge in [0.05, 0.1) is 18.2 Å². The molecule has 0 amide bonds. The Balaban J connectivity index is 1.83. The lowest BCUT2D eigenvalue weighted by atomic mass is 9.82. The van der Waals surface area contributed by atoms with Crippen LogP contribution in [0.1, 0.15) is 48.6 Å². The fourth-order valence-electron chi connectivity index (χ4n) is 4.95. The maximum Gasteiger partial charge on any atom is 0.172 e. The molecule has 5 rings (SSSR count). The van der Waals surface area contributed by atoms with Gasteiger partial charge in [-0.25, -0.2) is 0 Å². The molecule has 0 spiro atoms. The molecule has 0 saturated heterocycles. The van der Waals surface area contributed by atoms with Crippen LogP contribution >= 0.6 is 0 Å². The highest BCUT2D eigenvalue weighted by molar-refractivity contribution is 6.02. The average Bonchev–Trinajstić information content (AvgIpc) is 2.75. The van der Waals surface area contributed by atoms with Gasteiger partial charge < -0.3 is 19.9 Å². The normalized spacial score (nSPS) is 16.7. The number of nitrogens with one attached hydrogen (secondary N) is 1. The smallest absolute Gasteiger partial charge is 0.172 e. The van der Waals surface area contributed by atoms with Crippen molar-refractivity contribution in [3.8, 4) is 28.4 Å². The molecule has 0 saturated carbocycles. The highest BCUT2D eigenvalue weighted by atomic mass is 16.5. The number of hydrogen-bond donors (Lipinski definition) is 2. The van der Waals surface area contributed by atoms with Crippen molar-refractivity contribution in [1.29, 1.82) is 0 Å². The van der Waals surface area contributed by atoms with Crippen molar-refractivity contribution >= 4 is 23.1 Å². The van der Waals surface area contributed by atoms with E-state index in [2.05, 4.69) is 82.4 Å². The zero-order chi connectivity index (χ0) is 23.5. The first-order chi connectivity index (χ1) is 15.7. The molecule has 4 heteroatoms. The third-order valence-electron chi connectivity index (χ3n) is 6.50. The molecule has 2 N–H and O–H groups in total. The number of phenols is 1. The van der Waals surface area contributed by atoms with Gasteiger partial charge in [0, 0.05) is 22.4 Å². The molecule has 3 aromatic carbocycles. The van der Waals surface area contributed by atoms with Crippen molar-refractivity contribution in [3.63, 3.8) is 0 Å². The number of aromatic hydroxyl groups is 1. The van der Waals surface area contributed by atoms with E-state index in [1.807, 2.05) is 0 Å². The van der Waals surface area contributed by atoms with Gasteiger partial charge in [-0.15, -0.1) is 0 Å². The Labute approximate surface area is 195 Å². The van der Waals surface area contributed by atoms with Crippen LogP contribution in [0.2, 0.25) is 0 Å². The molecule has 2 aliphatic rings. The molecular weight excluding hydrogens is 410 g/mol. The van der Waals surface area contributed by atoms with E-state index in [9.17, 15) is 5.11 Å². The van der Waals surface area contributed by atoms with Gasteiger partial charge in [0.15, 0.2) is 11.5 Å². The highest BCUT2D eigenvalue weighted by Gasteiger charge is 2.33. The van der Waals surface area contributed by atoms with Crippen LogP contribution in [0.4, 0.5) is 5.69 Å². The summed E-state index contributed by atoms with van der Waals surface area (Å²) < 4.78 is 12.1. The Morgan fingerprint density at radius 3 is 2.45 bits per heavy atom. The van der Waals surface area contributed by atoms with Crippen LogP contribution in [0.3, 0.4) is 0 Å². The molecule has 4 nitrogen and oxygen atoms in total. The summed E-state index contributed by atoms with van der Waals surface area (Å²) in [5.41, 5.74) is 9.54. The number of fused-ring (bicyclic) bond motifs is 5. The lowest BCUT2D eigenvalue weighted by Gasteiger charge is -2.35. The molecule has 0 unspecified atom stereocenters. The van der Waals surface area contributed by atoms with Gasteiger partial charge in [-0.1, -0.05) is 30.3 Å². The van der Waals surface area contributed by atoms with Crippen LogP contribution in [-0.2, 0) is 0 Å². The predicted octanol–water partition coefficient (Wildman–Crippen LogP) is 7.18. The minimum atomic E-state index is -0.146. The summed E-state index contributed by atoms with van der Waals surface area (Å²) in [4.78, 5) is 0. The Kier molecular flexibility index (Phi) is 4.78. The Bertz CT molecular complexity index is 1360. The Morgan fingerprint density at radius 2 is 1.73 bits per heavy atom. The van der Waals surface area contributed by atoms with E-state index in [0.29, 0.717) is 11.5 Å². The second kappa shape index (κ2) is 7.45. The highest BCUT2D eigenvalue weighted by Crippen LogP contribution is 2.54. The van der Waals surface area contributed by atoms with Crippen LogP contribution in [-0.4, -0.2) is 17.8 Å². The first-order valence-corrected chi connectivity index (χ1v) is 11.2. The molecule has 0 radical (unpaired) electrons. The second-order valence-corrected chi connectivity index (χ2v) is 9.53. The summed E-state index contributed by atoms with van der Waals surface area (Å²) in [5.74, 6) is 1.96. The van der Waals surface area contributed by atoms with E-state index in [-0.39, 0.29) is 11.3 Å². The zero-order valence-corrected chi connectivity index (χ0v) is 20.0. The fourth-order valence-corrected chi connectivity index (χ4v) is 4.95. The summed E-state index contributed by atoms with van der Waals surface area (Å²) in [6.45, 7) is 10.7. The van der Waals surface area contributed by atoms with Crippen molar-refractivity contribution in [2.45, 2.75) is 40.2 Å². The van der Waals surface area contributed by atoms with Gasteiger partial charge >= 0.3 is 0 Å². The Morgan fingerprint density at radius 1 is 0.939 bits per heavy atom. The van der Waals surface area contributed by atoms with Crippen molar-refractivity contribution in [1.82, 2.24) is 0 Å². The van der Waals surface area contributed by atoms with Gasteiger partial charge in [0.25, 0.3) is 0 Å². The number of allylic oxidation sites excluding steroid dienone is 1. The largest absolute Gasteiger partial charge is 0.504 e. The van der Waals surface area contributed by atoms with Gasteiger partial charge in [-0.2, -0.15) is 0 Å². The standard InChI is InChI=1S/C29H29NO3/c1-16-7-8-19(13-17(16)2)14-24-26-20(27-23(33-24)12-11-22(31)28(27)32-6)9-10-21-25(26)18(3)15-29(4,5)30-21/h7-15,30-31H,1-6H3. The van der Waals surface area contributed by atoms with E-state index in [1.54, 1.807) is 19.2 Å². The molecule has 2 heterocycles. The summed E-state index contributed by atoms with van der Waals surface area (Å²) >= 11 is 0. The van der Waals surface area contributed by atoms with Crippen LogP contribution < -0.4 is 14.8 Å². The number of ether oxygens (including phenoxy) is 2. The quantitative estimate of drug-likeness (QED) is 0.444. The predicted molar refractivity (Wildman–Crippen MR) is 136 cm³/mol. The lowest BCUT2D eigenvalue weighted by Crippen LogP contribution is -2.32. The molecule has 168 valence electrons. The fraction of sp³-hybridized carbons (Fsp3) is 0.241. The summed E-state index contributed by atoms with van der Waals surface area (Å²) in [7, 11) is 1.57. The molecule has 2 aliphatic heterocycles. The zero-order valence-electron chi connectivity index (χ0n) is 20.0. The minimum absolute atomic E-state index is 0.0941. The molecule has 0 aromatic heterocycles. The Hall–Kier alpha value is -3.66. The van der Waals surface area contributed by atoms with E-state index in [4.69, 9.17) is 9.47 Å². The molecular formula is C29H29NO3. The van der Waals surface area contributed by atoms with Crippen LogP contribution in [0.5, 0.6) is 17.2 Å². The second-order valence-electron chi connectivity index (χ2n) is 9.53. The number of hydrogen-bond acceptors (Lipinski definition) is 4. The number of methoxy groups -OCH3 is 1. The van der Waals surface area contributed by atoms with Crippen LogP contribution in [0.25, 0.3) is 28.5 Å². The number of phenolic OH excluding ortho intramolecular Hbond substituents is 1. The van der Waals surface area contributed by atoms with Crippen molar-refractivity contribution in [2.75, 3.05) is 12.4 Å². The summed E-state index contributed by atoms with van der Waals surface area (Å²) in [6.07, 6.45) is 4.35. The third kappa shape index (κ3) is 3.46. The lowest BCUT2D eigenvalue weighted by molar-refractivity contribution is 0.371. The number of benzene rings is 3. The van der Waals surface area contributed by atoms with Crippen molar-refractivity contribution in [3.05, 3.63) is 76.4 Å². The minimum Gasteiger partial charge on any atom is -0.504 e. The first-order valence-electron chi connectivity index (χ1n) is 11.2. The first kappa shape index (κ1) is 21.2. The van der Waals surface area contributed by atoms with E-state index in [0.717, 1.165) is 39.3 Å². The van der Waals surface area contributed by atoms with Gasteiger partial charge in [-0.3, -0.25) is 0 Å². The topological polar surface area (TPSA) is 50.7 Å². The van der Waals surface area contributed by atoms with E-state index < -0.39 is 0 Å². The van der Waals surface area contributed by atoms with Gasteiger partial charge in [0.2, 0.25) is 0 Å². The van der Waals surface area contributed by atoms with Crippen molar-refractivity contribution < 1.29 is 14.6 Å². The monoisotopic (exact) mass is 439 g/mol. The van der Waals surface area contributed by atoms with Crippen molar-refractivity contribution in [2.24, 2.45) is 0 Å². The molecule has 33 heavy (non-hydrogen) atoms. The van der Waals surface area contributed by atoms with E-state index in [1.165, 1.54) is 16.7 Å². The van der Waals surface area contributed by atoms with Gasteiger partial charge in [0.1, 0.15) is 11.5 Å². The summed E-state index contributed by atoms with van der Waals surface area (Å²) in [5, 5.41) is 14.1. The average molecular weight is 440 g/mol. The summed E-state index contributed by atoms with van der Waals surface area (Å²) in [6, 6.07) is 14.0. The van der Waals surface area contributed by atoms with Crippen LogP contribution in [0.15, 0.2) is 48.5 Å². The van der Waals surface area contributed by atoms with Gasteiger partial charge in [-0.05, 0) is 81.2 Å². The molecule has 3 aromatic rings. The molecule has 0 atom stereocenters. The SMILES string of the molecule is COc1c(O)ccc2c1-c1ccc3c(c1C(=Cc1ccc(C)c(C)c1)O2)C(C)=CC(C)(C)N3. The van der Waals surface area contributed by atoms with E-state index >= 15 is 0 Å². The molecule has 0 fully saturated rings. The molecule has 0 aliphatic carbocycles. The number of anilines is 1. The maximum atomic E-state index is 10.5. The molecule has 0 bridgehead atoms. The van der Waals surface area contributed by atoms with Crippen LogP contribution in [0, 0.1) is 13.8 Å². The third-order valence-corrected chi connectivity index (χ3v) is 6.50. The maximum absolute atomic E-state index is 10.5. The number of aryl methyl sites for hydroxylation is 2. The number of rotatable bonds is 2.